The van der Waals surface area contributed by atoms with Crippen LogP contribution in [0.4, 0.5) is 0 Å². The molecule has 1 heteroatoms. The van der Waals surface area contributed by atoms with Crippen LogP contribution in [-0.2, 0) is 5.41 Å². The molecule has 4 aromatic rings. The molecule has 0 aliphatic heterocycles. The van der Waals surface area contributed by atoms with E-state index in [9.17, 15) is 5.11 Å². The molecule has 1 aliphatic rings. The maximum absolute atomic E-state index is 10.6. The number of phenols is 1. The largest absolute Gasteiger partial charge is 0.507 e. The number of fused-ring (bicyclic) bond motifs is 5. The summed E-state index contributed by atoms with van der Waals surface area (Å²) in [4.78, 5) is 0. The molecule has 0 fully saturated rings. The van der Waals surface area contributed by atoms with Gasteiger partial charge in [-0.15, -0.1) is 0 Å². The van der Waals surface area contributed by atoms with E-state index < -0.39 is 0 Å². The normalized spacial score (nSPS) is 13.5. The molecule has 0 aromatic heterocycles. The van der Waals surface area contributed by atoms with Crippen molar-refractivity contribution in [3.8, 4) is 28.7 Å². The Kier molecular flexibility index (Phi) is 3.57. The van der Waals surface area contributed by atoms with E-state index in [-0.39, 0.29) is 5.41 Å². The number of hydrogen-bond acceptors (Lipinski definition) is 1. The van der Waals surface area contributed by atoms with Gasteiger partial charge in [0.15, 0.2) is 0 Å². The first kappa shape index (κ1) is 16.7. The van der Waals surface area contributed by atoms with Crippen molar-refractivity contribution in [1.29, 1.82) is 0 Å². The quantitative estimate of drug-likeness (QED) is 0.367. The van der Waals surface area contributed by atoms with Gasteiger partial charge in [0, 0.05) is 21.9 Å². The lowest BCUT2D eigenvalue weighted by Gasteiger charge is -2.22. The topological polar surface area (TPSA) is 20.2 Å². The molecule has 1 nitrogen and oxygen atoms in total. The zero-order valence-electron chi connectivity index (χ0n) is 16.0. The van der Waals surface area contributed by atoms with Crippen molar-refractivity contribution in [3.63, 3.8) is 0 Å². The van der Waals surface area contributed by atoms with Crippen molar-refractivity contribution in [1.82, 2.24) is 0 Å². The van der Waals surface area contributed by atoms with Gasteiger partial charge in [0.05, 0.1) is 0 Å². The summed E-state index contributed by atoms with van der Waals surface area (Å²) in [5.41, 5.74) is 6.75. The predicted molar refractivity (Wildman–Crippen MR) is 116 cm³/mol. The minimum Gasteiger partial charge on any atom is -0.507 e. The Hall–Kier alpha value is -3.50. The smallest absolute Gasteiger partial charge is 0.123 e. The maximum Gasteiger partial charge on any atom is 0.123 e. The molecular weight excluding hydrogens is 340 g/mol. The number of hydrogen-bond donors (Lipinski definition) is 1. The molecule has 5 rings (SSSR count). The van der Waals surface area contributed by atoms with E-state index in [1.165, 1.54) is 22.3 Å². The van der Waals surface area contributed by atoms with Gasteiger partial charge in [-0.05, 0) is 58.0 Å². The molecule has 0 spiro atoms. The molecule has 0 saturated heterocycles. The average Bonchev–Trinajstić information content (AvgIpc) is 2.94. The Morgan fingerprint density at radius 1 is 0.679 bits per heavy atom. The van der Waals surface area contributed by atoms with Crippen LogP contribution < -0.4 is 0 Å². The third kappa shape index (κ3) is 2.42. The number of rotatable bonds is 0. The van der Waals surface area contributed by atoms with Crippen molar-refractivity contribution in [2.75, 3.05) is 0 Å². The van der Waals surface area contributed by atoms with Crippen molar-refractivity contribution in [2.45, 2.75) is 19.3 Å². The van der Waals surface area contributed by atoms with E-state index in [4.69, 9.17) is 0 Å². The lowest BCUT2D eigenvalue weighted by atomic mass is 9.81. The monoisotopic (exact) mass is 360 g/mol. The standard InChI is InChI=1S/C27H20O/c1-27(2)23-16-19(13-12-18-8-4-3-5-9-18)14-15-22(23)26-21-11-7-6-10-20(21)25(28)17-24(26)27/h3-11,14-17,28H,1-2H3. The summed E-state index contributed by atoms with van der Waals surface area (Å²) in [7, 11) is 0. The summed E-state index contributed by atoms with van der Waals surface area (Å²) in [5.74, 6) is 6.90. The molecule has 0 amide bonds. The first-order valence-corrected chi connectivity index (χ1v) is 9.53. The molecule has 28 heavy (non-hydrogen) atoms. The lowest BCUT2D eigenvalue weighted by Crippen LogP contribution is -2.15. The first-order chi connectivity index (χ1) is 13.6. The molecule has 0 radical (unpaired) electrons. The summed E-state index contributed by atoms with van der Waals surface area (Å²) < 4.78 is 0. The van der Waals surface area contributed by atoms with Gasteiger partial charge in [-0.25, -0.2) is 0 Å². The van der Waals surface area contributed by atoms with Crippen LogP contribution in [0.25, 0.3) is 21.9 Å². The Morgan fingerprint density at radius 3 is 2.14 bits per heavy atom. The SMILES string of the molecule is CC1(C)c2cc(C#Cc3ccccc3)ccc2-c2c1cc(O)c1ccccc21. The zero-order chi connectivity index (χ0) is 19.3. The molecule has 0 bridgehead atoms. The highest BCUT2D eigenvalue weighted by Crippen LogP contribution is 2.53. The Morgan fingerprint density at radius 2 is 1.36 bits per heavy atom. The Labute approximate surface area is 165 Å². The number of aromatic hydroxyl groups is 1. The summed E-state index contributed by atoms with van der Waals surface area (Å²) in [5, 5.41) is 12.6. The number of benzene rings is 4. The van der Waals surface area contributed by atoms with E-state index in [2.05, 4.69) is 50.0 Å². The van der Waals surface area contributed by atoms with E-state index in [1.807, 2.05) is 54.6 Å². The third-order valence-electron chi connectivity index (χ3n) is 5.78. The van der Waals surface area contributed by atoms with Crippen molar-refractivity contribution in [3.05, 3.63) is 101 Å². The van der Waals surface area contributed by atoms with Crippen LogP contribution >= 0.6 is 0 Å². The molecule has 4 aromatic carbocycles. The first-order valence-electron chi connectivity index (χ1n) is 9.53. The third-order valence-corrected chi connectivity index (χ3v) is 5.78. The lowest BCUT2D eigenvalue weighted by molar-refractivity contribution is 0.479. The second kappa shape index (κ2) is 6.01. The van der Waals surface area contributed by atoms with E-state index in [0.717, 1.165) is 21.9 Å². The van der Waals surface area contributed by atoms with Crippen LogP contribution in [0.1, 0.15) is 36.1 Å². The predicted octanol–water partition coefficient (Wildman–Crippen LogP) is 6.25. The molecule has 0 atom stereocenters. The molecule has 1 aliphatic carbocycles. The maximum atomic E-state index is 10.6. The number of phenolic OH excluding ortho intramolecular Hbond substituents is 1. The Balaban J connectivity index is 1.70. The second-order valence-corrected chi connectivity index (χ2v) is 7.87. The van der Waals surface area contributed by atoms with Crippen molar-refractivity contribution < 1.29 is 5.11 Å². The molecular formula is C27H20O. The zero-order valence-corrected chi connectivity index (χ0v) is 16.0. The van der Waals surface area contributed by atoms with Gasteiger partial charge in [0.1, 0.15) is 5.75 Å². The molecule has 0 saturated carbocycles. The summed E-state index contributed by atoms with van der Waals surface area (Å²) >= 11 is 0. The van der Waals surface area contributed by atoms with Gasteiger partial charge in [-0.1, -0.05) is 74.2 Å². The molecule has 0 heterocycles. The van der Waals surface area contributed by atoms with Crippen LogP contribution in [0.5, 0.6) is 5.75 Å². The fourth-order valence-electron chi connectivity index (χ4n) is 4.31. The average molecular weight is 360 g/mol. The fraction of sp³-hybridized carbons (Fsp3) is 0.111. The highest BCUT2D eigenvalue weighted by atomic mass is 16.3. The minimum atomic E-state index is -0.184. The molecule has 134 valence electrons. The van der Waals surface area contributed by atoms with E-state index in [1.54, 1.807) is 0 Å². The van der Waals surface area contributed by atoms with Crippen LogP contribution in [-0.4, -0.2) is 5.11 Å². The van der Waals surface area contributed by atoms with Crippen LogP contribution in [0, 0.1) is 11.8 Å². The van der Waals surface area contributed by atoms with E-state index in [0.29, 0.717) is 5.75 Å². The van der Waals surface area contributed by atoms with Gasteiger partial charge in [-0.2, -0.15) is 0 Å². The minimum absolute atomic E-state index is 0.184. The van der Waals surface area contributed by atoms with Gasteiger partial charge in [0.25, 0.3) is 0 Å². The van der Waals surface area contributed by atoms with Gasteiger partial charge < -0.3 is 5.11 Å². The van der Waals surface area contributed by atoms with Crippen molar-refractivity contribution in [2.24, 2.45) is 0 Å². The van der Waals surface area contributed by atoms with Gasteiger partial charge in [0.2, 0.25) is 0 Å². The van der Waals surface area contributed by atoms with Crippen molar-refractivity contribution >= 4 is 10.8 Å². The summed E-state index contributed by atoms with van der Waals surface area (Å²) in [6, 6.07) is 26.6. The fourth-order valence-corrected chi connectivity index (χ4v) is 4.31. The van der Waals surface area contributed by atoms with Gasteiger partial charge >= 0.3 is 0 Å². The van der Waals surface area contributed by atoms with E-state index >= 15 is 0 Å². The van der Waals surface area contributed by atoms with Gasteiger partial charge in [-0.3, -0.25) is 0 Å². The highest BCUT2D eigenvalue weighted by Gasteiger charge is 2.37. The summed E-state index contributed by atoms with van der Waals surface area (Å²) in [6.45, 7) is 4.45. The summed E-state index contributed by atoms with van der Waals surface area (Å²) in [6.07, 6.45) is 0. The molecule has 1 N–H and O–H groups in total. The van der Waals surface area contributed by atoms with Crippen LogP contribution in [0.2, 0.25) is 0 Å². The van der Waals surface area contributed by atoms with Crippen LogP contribution in [0.15, 0.2) is 78.9 Å². The molecule has 0 unspecified atom stereocenters. The second-order valence-electron chi connectivity index (χ2n) is 7.87. The Bertz CT molecular complexity index is 1280. The van der Waals surface area contributed by atoms with Crippen LogP contribution in [0.3, 0.4) is 0 Å². The highest BCUT2D eigenvalue weighted by molar-refractivity contribution is 6.05.